The molecule has 111 heavy (non-hydrogen) atoms. The number of esters is 1. The number of imide groups is 1. The fraction of sp³-hybridized carbons (Fsp3) is 0.577. The minimum absolute atomic E-state index is 0.0842. The van der Waals surface area contributed by atoms with E-state index in [1.807, 2.05) is 89.9 Å². The maximum absolute atomic E-state index is 14.9. The molecule has 1 fully saturated rings. The zero-order chi connectivity index (χ0) is 83.0. The summed E-state index contributed by atoms with van der Waals surface area (Å²) >= 11 is 0. The van der Waals surface area contributed by atoms with Gasteiger partial charge in [-0.25, -0.2) is 19.2 Å². The van der Waals surface area contributed by atoms with Gasteiger partial charge < -0.3 is 71.5 Å². The van der Waals surface area contributed by atoms with Gasteiger partial charge in [-0.15, -0.1) is 0 Å². The molecule has 0 bridgehead atoms. The number of anilines is 2. The van der Waals surface area contributed by atoms with Gasteiger partial charge in [0.05, 0.1) is 49.8 Å². The molecule has 1 saturated heterocycles. The average Bonchev–Trinajstić information content (AvgIpc) is 1.77. The van der Waals surface area contributed by atoms with E-state index in [4.69, 9.17) is 34.6 Å². The number of ether oxygens (including phenoxy) is 4. The molecule has 10 N–H and O–H groups in total. The number of aliphatic carboxylic acids is 1. The number of hydrogen-bond donors (Lipinski definition) is 9. The Bertz CT molecular complexity index is 3620. The van der Waals surface area contributed by atoms with Crippen molar-refractivity contribution in [3.05, 3.63) is 108 Å². The van der Waals surface area contributed by atoms with Gasteiger partial charge in [-0.3, -0.25) is 58.3 Å². The smallest absolute Gasteiger partial charge is 0.475 e. The summed E-state index contributed by atoms with van der Waals surface area (Å²) in [5.74, 6) is -8.86. The molecule has 12 amide bonds. The molecule has 2 aliphatic heterocycles. The number of halogens is 3. The number of nitrogens with two attached hydrogens (primary N) is 1. The highest BCUT2D eigenvalue weighted by atomic mass is 19.4. The average molecular weight is 1560 g/mol. The molecule has 11 atom stereocenters. The second kappa shape index (κ2) is 46.0. The number of nitrogens with one attached hydrogen (secondary N) is 7. The minimum atomic E-state index is -5.08. The van der Waals surface area contributed by atoms with Crippen LogP contribution in [0, 0.1) is 29.6 Å². The van der Waals surface area contributed by atoms with Crippen LogP contribution in [0.4, 0.5) is 34.1 Å². The van der Waals surface area contributed by atoms with Gasteiger partial charge >= 0.3 is 30.2 Å². The summed E-state index contributed by atoms with van der Waals surface area (Å²) in [7, 11) is 7.78. The summed E-state index contributed by atoms with van der Waals surface area (Å²) in [5.41, 5.74) is 8.23. The van der Waals surface area contributed by atoms with E-state index >= 15 is 0 Å². The van der Waals surface area contributed by atoms with Gasteiger partial charge in [-0.2, -0.15) is 13.2 Å². The molecule has 0 spiro atoms. The SMILES string of the molecule is CC[C@H](C)[C@@H]([C@@H](CC(=O)N1CCC[C@H]1[C@H](OC)[C@@H](C)C(=O)N[C@@H](Cc1ccccc1)C(=O)OC)OC)N(C)C(=O)[C@@H](NC(=O)[C@H](C(C)C)N(C)Cc1cccc(NC(=O)OCc2ccc(NC(=O)[C@H](CCCNC(N)=O)NC(=O)[C@@H](NC(=O)CCCCCN3C(=O)C=CC3=O)C(C)C)cc2)c1)C(C)C.O=C(O)C(F)(F)F. The first-order chi connectivity index (χ1) is 52.4. The largest absolute Gasteiger partial charge is 0.490 e. The van der Waals surface area contributed by atoms with Crippen molar-refractivity contribution in [2.45, 2.75) is 207 Å². The number of urea groups is 1. The topological polar surface area (TPSA) is 402 Å². The van der Waals surface area contributed by atoms with E-state index in [1.54, 1.807) is 80.1 Å². The van der Waals surface area contributed by atoms with E-state index < -0.39 is 108 Å². The molecule has 30 nitrogen and oxygen atoms in total. The van der Waals surface area contributed by atoms with Crippen LogP contribution in [0.3, 0.4) is 0 Å². The fourth-order valence-corrected chi connectivity index (χ4v) is 13.3. The number of carbonyl (C=O) groups is 13. The van der Waals surface area contributed by atoms with Crippen LogP contribution in [-0.4, -0.2) is 218 Å². The molecule has 2 aliphatic rings. The number of primary amides is 1. The predicted molar refractivity (Wildman–Crippen MR) is 406 cm³/mol. The number of benzene rings is 3. The Morgan fingerprint density at radius 1 is 0.676 bits per heavy atom. The van der Waals surface area contributed by atoms with E-state index in [2.05, 4.69) is 37.2 Å². The van der Waals surface area contributed by atoms with E-state index in [0.717, 1.165) is 16.0 Å². The van der Waals surface area contributed by atoms with E-state index in [1.165, 1.54) is 33.5 Å². The first kappa shape index (κ1) is 93.4. The van der Waals surface area contributed by atoms with Gasteiger partial charge in [0.1, 0.15) is 30.8 Å². The molecule has 0 saturated carbocycles. The number of hydrogen-bond acceptors (Lipinski definition) is 18. The van der Waals surface area contributed by atoms with Crippen molar-refractivity contribution in [1.82, 2.24) is 46.2 Å². The number of unbranched alkanes of at least 4 members (excludes halogenated alkanes) is 2. The van der Waals surface area contributed by atoms with Crippen molar-refractivity contribution in [1.29, 1.82) is 0 Å². The van der Waals surface area contributed by atoms with E-state index in [0.29, 0.717) is 62.0 Å². The molecular weight excluding hydrogens is 1450 g/mol. The number of nitrogens with zero attached hydrogens (tertiary/aromatic N) is 4. The fourth-order valence-electron chi connectivity index (χ4n) is 13.3. The standard InChI is InChI=1S/C76H112N12O16.C2HF3O2/c1-15-49(8)67(59(101-12)43-63(92)87-40-24-30-58(87)68(102-13)50(9)69(93)82-57(74(98)103-14)42-51-25-18-16-19-26-51)86(11)73(97)65(47(4)5)84-72(96)66(48(6)7)85(10)44-53-27-22-28-55(41-53)80-76(100)104-45-52-32-34-54(35-33-52)79-70(94)56(29-23-38-78-75(77)99)81-71(95)64(46(2)3)83-60(89)31-20-17-21-39-88-61(90)36-37-62(88)91;3-2(4,5)1(6)7/h16,18-19,22,25-28,32-37,41,46-50,56-59,64-68H,15,17,20-21,23-24,29-31,38-40,42-45H2,1-14H3,(H,79,94)(H,80,100)(H,81,95)(H,82,93)(H,83,89)(H,84,96)(H3,77,78,99);(H,6,7)/t49-,50+,56-,57-,58-,59+,64-,65-,66-,67-,68+;/m0./s1. The second-order valence-electron chi connectivity index (χ2n) is 28.8. The summed E-state index contributed by atoms with van der Waals surface area (Å²) < 4.78 is 54.5. The normalized spacial score (nSPS) is 16.2. The molecular formula is C78H113F3N12O18. The third-order valence-corrected chi connectivity index (χ3v) is 19.4. The highest BCUT2D eigenvalue weighted by Crippen LogP contribution is 2.31. The minimum Gasteiger partial charge on any atom is -0.475 e. The van der Waals surface area contributed by atoms with Gasteiger partial charge in [-0.05, 0) is 110 Å². The van der Waals surface area contributed by atoms with Gasteiger partial charge in [0.15, 0.2) is 0 Å². The highest BCUT2D eigenvalue weighted by Gasteiger charge is 2.45. The van der Waals surface area contributed by atoms with Gasteiger partial charge in [0, 0.05) is 83.8 Å². The Kier molecular flexibility index (Phi) is 38.7. The van der Waals surface area contributed by atoms with Gasteiger partial charge in [0.2, 0.25) is 41.4 Å². The van der Waals surface area contributed by atoms with Crippen LogP contribution < -0.4 is 43.0 Å². The molecule has 33 heteroatoms. The number of likely N-dealkylation sites (tertiary alicyclic amines) is 1. The first-order valence-electron chi connectivity index (χ1n) is 37.3. The lowest BCUT2D eigenvalue weighted by molar-refractivity contribution is -0.192. The van der Waals surface area contributed by atoms with Gasteiger partial charge in [-0.1, -0.05) is 130 Å². The lowest BCUT2D eigenvalue weighted by atomic mass is 9.89. The summed E-state index contributed by atoms with van der Waals surface area (Å²) in [6.07, 6.45) is -0.885. The molecule has 0 unspecified atom stereocenters. The third-order valence-electron chi connectivity index (χ3n) is 19.4. The number of likely N-dealkylation sites (N-methyl/N-ethyl adjacent to an activating group) is 2. The molecule has 0 radical (unpaired) electrons. The quantitative estimate of drug-likeness (QED) is 0.0157. The Labute approximate surface area is 647 Å². The molecule has 3 aromatic carbocycles. The second-order valence-corrected chi connectivity index (χ2v) is 28.8. The van der Waals surface area contributed by atoms with Crippen LogP contribution in [0.25, 0.3) is 0 Å². The number of carboxylic acids is 1. The van der Waals surface area contributed by atoms with E-state index in [-0.39, 0.29) is 117 Å². The molecule has 0 aliphatic carbocycles. The van der Waals surface area contributed by atoms with Crippen LogP contribution in [0.5, 0.6) is 0 Å². The molecule has 5 rings (SSSR count). The van der Waals surface area contributed by atoms with Crippen LogP contribution in [-0.2, 0) is 91.3 Å². The van der Waals surface area contributed by atoms with Crippen LogP contribution in [0.1, 0.15) is 143 Å². The number of methoxy groups -OCH3 is 3. The van der Waals surface area contributed by atoms with Crippen molar-refractivity contribution < 1.29 is 99.6 Å². The van der Waals surface area contributed by atoms with Crippen molar-refractivity contribution >= 4 is 88.6 Å². The van der Waals surface area contributed by atoms with E-state index in [9.17, 15) is 70.7 Å². The summed E-state index contributed by atoms with van der Waals surface area (Å²) in [5, 5.41) is 26.7. The maximum Gasteiger partial charge on any atom is 0.490 e. The number of rotatable bonds is 42. The molecule has 3 aromatic rings. The lowest BCUT2D eigenvalue weighted by Crippen LogP contribution is -2.60. The number of alkyl halides is 3. The first-order valence-corrected chi connectivity index (χ1v) is 37.3. The Morgan fingerprint density at radius 3 is 1.86 bits per heavy atom. The number of amides is 12. The summed E-state index contributed by atoms with van der Waals surface area (Å²) in [6, 6.07) is 16.4. The van der Waals surface area contributed by atoms with Crippen molar-refractivity contribution in [3.63, 3.8) is 0 Å². The highest BCUT2D eigenvalue weighted by molar-refractivity contribution is 6.12. The van der Waals surface area contributed by atoms with Gasteiger partial charge in [0.25, 0.3) is 11.8 Å². The van der Waals surface area contributed by atoms with Crippen molar-refractivity contribution in [3.8, 4) is 0 Å². The Morgan fingerprint density at radius 2 is 1.30 bits per heavy atom. The third kappa shape index (κ3) is 30.0. The van der Waals surface area contributed by atoms with Crippen molar-refractivity contribution in [2.24, 2.45) is 35.3 Å². The summed E-state index contributed by atoms with van der Waals surface area (Å²) in [4.78, 5) is 175. The maximum atomic E-state index is 14.9. The Hall–Kier alpha value is -10.0. The zero-order valence-corrected chi connectivity index (χ0v) is 65.9. The van der Waals surface area contributed by atoms with Crippen LogP contribution >= 0.6 is 0 Å². The molecule has 0 aromatic heterocycles. The lowest BCUT2D eigenvalue weighted by Gasteiger charge is -2.41. The Balaban J connectivity index is 0.00000353. The molecule has 2 heterocycles. The number of carbonyl (C=O) groups excluding carboxylic acids is 12. The van der Waals surface area contributed by atoms with Crippen LogP contribution in [0.15, 0.2) is 91.0 Å². The van der Waals surface area contributed by atoms with Crippen molar-refractivity contribution in [2.75, 3.05) is 65.7 Å². The number of carboxylic acid groups (broad SMARTS) is 1. The monoisotopic (exact) mass is 1560 g/mol. The molecule has 614 valence electrons. The predicted octanol–water partition coefficient (Wildman–Crippen LogP) is 6.98. The summed E-state index contributed by atoms with van der Waals surface area (Å²) in [6.45, 7) is 17.7. The zero-order valence-electron chi connectivity index (χ0n) is 65.9. The van der Waals surface area contributed by atoms with Crippen LogP contribution in [0.2, 0.25) is 0 Å².